The molecule has 0 saturated heterocycles. The Balaban J connectivity index is 2.37. The summed E-state index contributed by atoms with van der Waals surface area (Å²) in [6.07, 6.45) is 4.25. The topological polar surface area (TPSA) is 12.0 Å². The third-order valence-electron chi connectivity index (χ3n) is 4.67. The summed E-state index contributed by atoms with van der Waals surface area (Å²) >= 11 is 0. The number of benzene rings is 1. The van der Waals surface area contributed by atoms with E-state index >= 15 is 0 Å². The molecule has 1 fully saturated rings. The molecule has 0 spiro atoms. The van der Waals surface area contributed by atoms with Crippen molar-refractivity contribution in [2.45, 2.75) is 52.5 Å². The fourth-order valence-corrected chi connectivity index (χ4v) is 3.52. The first-order valence-electron chi connectivity index (χ1n) is 7.64. The van der Waals surface area contributed by atoms with E-state index in [2.05, 4.69) is 26.1 Å². The van der Waals surface area contributed by atoms with Gasteiger partial charge in [-0.15, -0.1) is 0 Å². The molecule has 0 aliphatic heterocycles. The summed E-state index contributed by atoms with van der Waals surface area (Å²) in [7, 11) is 0. The second-order valence-corrected chi connectivity index (χ2v) is 6.55. The van der Waals surface area contributed by atoms with Crippen LogP contribution in [-0.4, -0.2) is 6.54 Å². The van der Waals surface area contributed by atoms with Gasteiger partial charge in [0.1, 0.15) is 11.6 Å². The maximum Gasteiger partial charge on any atom is 0.130 e. The van der Waals surface area contributed by atoms with Gasteiger partial charge in [0.05, 0.1) is 0 Å². The molecule has 0 amide bonds. The predicted octanol–water partition coefficient (Wildman–Crippen LogP) is 4.83. The van der Waals surface area contributed by atoms with Crippen molar-refractivity contribution in [2.24, 2.45) is 11.3 Å². The van der Waals surface area contributed by atoms with Crippen LogP contribution >= 0.6 is 0 Å². The number of hydrogen-bond acceptors (Lipinski definition) is 1. The lowest BCUT2D eigenvalue weighted by Gasteiger charge is -2.35. The molecule has 2 unspecified atom stereocenters. The quantitative estimate of drug-likeness (QED) is 0.815. The van der Waals surface area contributed by atoms with Crippen molar-refractivity contribution in [3.63, 3.8) is 0 Å². The van der Waals surface area contributed by atoms with Crippen molar-refractivity contribution in [1.29, 1.82) is 0 Å². The molecule has 1 aliphatic carbocycles. The van der Waals surface area contributed by atoms with Gasteiger partial charge in [0.15, 0.2) is 0 Å². The van der Waals surface area contributed by atoms with E-state index in [-0.39, 0.29) is 22.9 Å². The van der Waals surface area contributed by atoms with E-state index in [0.29, 0.717) is 0 Å². The summed E-state index contributed by atoms with van der Waals surface area (Å²) in [6.45, 7) is 7.28. The zero-order chi connectivity index (χ0) is 14.8. The fraction of sp³-hybridized carbons (Fsp3) is 0.647. The second-order valence-electron chi connectivity index (χ2n) is 6.55. The van der Waals surface area contributed by atoms with Crippen LogP contribution in [-0.2, 0) is 0 Å². The lowest BCUT2D eigenvalue weighted by atomic mass is 9.75. The van der Waals surface area contributed by atoms with Gasteiger partial charge in [-0.3, -0.25) is 0 Å². The van der Waals surface area contributed by atoms with E-state index in [9.17, 15) is 8.78 Å². The Hall–Kier alpha value is -0.960. The SMILES string of the molecule is CCCNC(c1c(F)cccc1F)C1CCCC1(C)C. The summed E-state index contributed by atoms with van der Waals surface area (Å²) in [5.74, 6) is -0.581. The van der Waals surface area contributed by atoms with Crippen molar-refractivity contribution in [1.82, 2.24) is 5.32 Å². The molecular weight excluding hydrogens is 256 g/mol. The Morgan fingerprint density at radius 1 is 1.30 bits per heavy atom. The van der Waals surface area contributed by atoms with Crippen molar-refractivity contribution in [2.75, 3.05) is 6.54 Å². The van der Waals surface area contributed by atoms with Gasteiger partial charge in [0, 0.05) is 11.6 Å². The van der Waals surface area contributed by atoms with E-state index in [0.717, 1.165) is 32.2 Å². The molecule has 0 bridgehead atoms. The van der Waals surface area contributed by atoms with Crippen LogP contribution in [0.3, 0.4) is 0 Å². The number of halogens is 2. The molecule has 1 nitrogen and oxygen atoms in total. The standard InChI is InChI=1S/C17H25F2N/c1-4-11-20-16(12-7-6-10-17(12,2)3)15-13(18)8-5-9-14(15)19/h5,8-9,12,16,20H,4,6-7,10-11H2,1-3H3. The van der Waals surface area contributed by atoms with Crippen LogP contribution in [0, 0.1) is 23.0 Å². The molecule has 3 heteroatoms. The van der Waals surface area contributed by atoms with Gasteiger partial charge in [-0.05, 0) is 49.3 Å². The molecule has 1 aromatic rings. The summed E-state index contributed by atoms with van der Waals surface area (Å²) in [6, 6.07) is 3.93. The van der Waals surface area contributed by atoms with Gasteiger partial charge >= 0.3 is 0 Å². The van der Waals surface area contributed by atoms with Gasteiger partial charge < -0.3 is 5.32 Å². The largest absolute Gasteiger partial charge is 0.309 e. The van der Waals surface area contributed by atoms with Gasteiger partial charge in [-0.2, -0.15) is 0 Å². The normalized spacial score (nSPS) is 22.9. The van der Waals surface area contributed by atoms with Crippen LogP contribution in [0.25, 0.3) is 0 Å². The molecule has 1 aliphatic rings. The smallest absolute Gasteiger partial charge is 0.130 e. The minimum atomic E-state index is -0.429. The molecule has 1 saturated carbocycles. The van der Waals surface area contributed by atoms with Crippen molar-refractivity contribution in [3.8, 4) is 0 Å². The zero-order valence-corrected chi connectivity index (χ0v) is 12.7. The van der Waals surface area contributed by atoms with Crippen LogP contribution in [0.2, 0.25) is 0 Å². The minimum absolute atomic E-state index is 0.125. The van der Waals surface area contributed by atoms with Crippen molar-refractivity contribution in [3.05, 3.63) is 35.4 Å². The Labute approximate surface area is 120 Å². The fourth-order valence-electron chi connectivity index (χ4n) is 3.52. The van der Waals surface area contributed by atoms with E-state index in [1.54, 1.807) is 0 Å². The van der Waals surface area contributed by atoms with Gasteiger partial charge in [-0.1, -0.05) is 33.3 Å². The summed E-state index contributed by atoms with van der Waals surface area (Å²) in [5.41, 5.74) is 0.348. The van der Waals surface area contributed by atoms with E-state index in [1.165, 1.54) is 18.2 Å². The van der Waals surface area contributed by atoms with E-state index in [4.69, 9.17) is 0 Å². The summed E-state index contributed by atoms with van der Waals surface area (Å²) < 4.78 is 28.3. The van der Waals surface area contributed by atoms with Crippen LogP contribution < -0.4 is 5.32 Å². The van der Waals surface area contributed by atoms with Crippen LogP contribution in [0.4, 0.5) is 8.78 Å². The molecule has 1 aromatic carbocycles. The molecule has 2 rings (SSSR count). The highest BCUT2D eigenvalue weighted by molar-refractivity contribution is 5.25. The van der Waals surface area contributed by atoms with Crippen LogP contribution in [0.1, 0.15) is 58.1 Å². The van der Waals surface area contributed by atoms with E-state index in [1.807, 2.05) is 0 Å². The lowest BCUT2D eigenvalue weighted by molar-refractivity contribution is 0.192. The van der Waals surface area contributed by atoms with Gasteiger partial charge in [0.25, 0.3) is 0 Å². The third-order valence-corrected chi connectivity index (χ3v) is 4.67. The maximum absolute atomic E-state index is 14.2. The lowest BCUT2D eigenvalue weighted by Crippen LogP contribution is -2.35. The average molecular weight is 281 g/mol. The number of rotatable bonds is 5. The number of hydrogen-bond donors (Lipinski definition) is 1. The zero-order valence-electron chi connectivity index (χ0n) is 12.7. The highest BCUT2D eigenvalue weighted by Crippen LogP contribution is 2.49. The van der Waals surface area contributed by atoms with Gasteiger partial charge in [-0.25, -0.2) is 8.78 Å². The first-order valence-corrected chi connectivity index (χ1v) is 7.64. The molecule has 112 valence electrons. The molecule has 0 aromatic heterocycles. The Bertz CT molecular complexity index is 436. The molecule has 1 N–H and O–H groups in total. The molecule has 0 heterocycles. The molecule has 20 heavy (non-hydrogen) atoms. The van der Waals surface area contributed by atoms with E-state index < -0.39 is 11.6 Å². The summed E-state index contributed by atoms with van der Waals surface area (Å²) in [4.78, 5) is 0. The van der Waals surface area contributed by atoms with Crippen LogP contribution in [0.5, 0.6) is 0 Å². The van der Waals surface area contributed by atoms with Crippen molar-refractivity contribution < 1.29 is 8.78 Å². The predicted molar refractivity (Wildman–Crippen MR) is 78.5 cm³/mol. The highest BCUT2D eigenvalue weighted by atomic mass is 19.1. The van der Waals surface area contributed by atoms with Crippen molar-refractivity contribution >= 4 is 0 Å². The minimum Gasteiger partial charge on any atom is -0.309 e. The maximum atomic E-state index is 14.2. The molecular formula is C17H25F2N. The first kappa shape index (κ1) is 15.4. The Morgan fingerprint density at radius 2 is 1.95 bits per heavy atom. The summed E-state index contributed by atoms with van der Waals surface area (Å²) in [5, 5.41) is 3.38. The Kier molecular flexibility index (Phi) is 4.79. The van der Waals surface area contributed by atoms with Gasteiger partial charge in [0.2, 0.25) is 0 Å². The first-order chi connectivity index (χ1) is 9.47. The molecule has 2 atom stereocenters. The molecule has 0 radical (unpaired) electrons. The third kappa shape index (κ3) is 3.03. The average Bonchev–Trinajstić information content (AvgIpc) is 2.72. The monoisotopic (exact) mass is 281 g/mol. The van der Waals surface area contributed by atoms with Crippen LogP contribution in [0.15, 0.2) is 18.2 Å². The number of nitrogens with one attached hydrogen (secondary N) is 1. The Morgan fingerprint density at radius 3 is 2.45 bits per heavy atom. The second kappa shape index (κ2) is 6.21. The highest BCUT2D eigenvalue weighted by Gasteiger charge is 2.41.